The summed E-state index contributed by atoms with van der Waals surface area (Å²) in [5.74, 6) is 0. The van der Waals surface area contributed by atoms with Gasteiger partial charge in [-0.15, -0.1) is 0 Å². The first-order chi connectivity index (χ1) is 8.27. The molecule has 2 aromatic rings. The number of hydrogen-bond acceptors (Lipinski definition) is 1. The van der Waals surface area contributed by atoms with E-state index in [1.807, 2.05) is 12.1 Å². The van der Waals surface area contributed by atoms with E-state index in [4.69, 9.17) is 5.53 Å². The molecular formula is C12H10ArN3OP. The second kappa shape index (κ2) is 6.98. The molecule has 0 amide bonds. The van der Waals surface area contributed by atoms with E-state index in [0.29, 0.717) is 10.6 Å². The largest absolute Gasteiger partial charge is 0.307 e. The van der Waals surface area contributed by atoms with E-state index in [1.54, 1.807) is 48.5 Å². The fourth-order valence-electron chi connectivity index (χ4n) is 1.57. The van der Waals surface area contributed by atoms with Crippen molar-refractivity contribution >= 4 is 17.9 Å². The van der Waals surface area contributed by atoms with Crippen molar-refractivity contribution in [3.05, 3.63) is 71.1 Å². The van der Waals surface area contributed by atoms with Crippen LogP contribution in [0.5, 0.6) is 0 Å². The zero-order valence-corrected chi connectivity index (χ0v) is 10.9. The third-order valence-corrected chi connectivity index (χ3v) is 4.71. The Balaban J connectivity index is 0.00000162. The summed E-state index contributed by atoms with van der Waals surface area (Å²) in [4.78, 5) is 6.26. The molecule has 0 saturated carbocycles. The third kappa shape index (κ3) is 3.17. The van der Waals surface area contributed by atoms with Gasteiger partial charge in [0.2, 0.25) is 7.29 Å². The Kier molecular flexibility index (Phi) is 5.94. The van der Waals surface area contributed by atoms with E-state index in [-0.39, 0.29) is 37.7 Å². The van der Waals surface area contributed by atoms with Crippen LogP contribution in [0.1, 0.15) is 0 Å². The van der Waals surface area contributed by atoms with Gasteiger partial charge in [0.25, 0.3) is 0 Å². The molecule has 0 unspecified atom stereocenters. The second-order valence-corrected chi connectivity index (χ2v) is 5.79. The van der Waals surface area contributed by atoms with Crippen LogP contribution < -0.4 is 10.6 Å². The van der Waals surface area contributed by atoms with Crippen LogP contribution in [0, 0.1) is 37.7 Å². The molecule has 2 rings (SSSR count). The van der Waals surface area contributed by atoms with Crippen molar-refractivity contribution in [2.24, 2.45) is 4.88 Å². The Labute approximate surface area is 135 Å². The fourth-order valence-corrected chi connectivity index (χ4v) is 3.34. The van der Waals surface area contributed by atoms with Crippen molar-refractivity contribution in [1.82, 2.24) is 0 Å². The Bertz CT molecular complexity index is 554. The van der Waals surface area contributed by atoms with E-state index in [0.717, 1.165) is 0 Å². The summed E-state index contributed by atoms with van der Waals surface area (Å²) < 4.78 is 12.8. The molecular weight excluding hydrogens is 273 g/mol. The van der Waals surface area contributed by atoms with Gasteiger partial charge in [-0.25, -0.2) is 0 Å². The topological polar surface area (TPSA) is 65.8 Å². The standard InChI is InChI=1S/C12H10N3OP.Ar/c13-14-15-17(16,11-7-3-1-4-8-11)12-9-5-2-6-10-12;/h1-10H;. The predicted octanol–water partition coefficient (Wildman–Crippen LogP) is 3.23. The van der Waals surface area contributed by atoms with Crippen LogP contribution in [-0.2, 0) is 4.57 Å². The number of rotatable bonds is 3. The van der Waals surface area contributed by atoms with Gasteiger partial charge in [-0.1, -0.05) is 60.7 Å². The van der Waals surface area contributed by atoms with Crippen molar-refractivity contribution in [3.63, 3.8) is 0 Å². The summed E-state index contributed by atoms with van der Waals surface area (Å²) in [5.41, 5.74) is 8.61. The van der Waals surface area contributed by atoms with Gasteiger partial charge in [-0.05, 0) is 10.4 Å². The summed E-state index contributed by atoms with van der Waals surface area (Å²) >= 11 is 0. The zero-order chi connectivity index (χ0) is 12.1. The summed E-state index contributed by atoms with van der Waals surface area (Å²) in [7, 11) is -3.22. The molecule has 0 aliphatic carbocycles. The van der Waals surface area contributed by atoms with Crippen molar-refractivity contribution in [3.8, 4) is 0 Å². The molecule has 0 N–H and O–H groups in total. The molecule has 18 heavy (non-hydrogen) atoms. The van der Waals surface area contributed by atoms with Crippen LogP contribution in [0.15, 0.2) is 65.5 Å². The van der Waals surface area contributed by atoms with Gasteiger partial charge in [-0.3, -0.25) is 0 Å². The predicted molar refractivity (Wildman–Crippen MR) is 68.9 cm³/mol. The average molecular weight is 283 g/mol. The van der Waals surface area contributed by atoms with E-state index in [9.17, 15) is 4.57 Å². The zero-order valence-electron chi connectivity index (χ0n) is 9.32. The smallest absolute Gasteiger partial charge is 0.228 e. The summed E-state index contributed by atoms with van der Waals surface area (Å²) in [5, 5.41) is 1.09. The molecule has 0 bridgehead atoms. The van der Waals surface area contributed by atoms with Crippen LogP contribution in [0.25, 0.3) is 10.4 Å². The summed E-state index contributed by atoms with van der Waals surface area (Å²) in [6.07, 6.45) is 0. The molecule has 4 nitrogen and oxygen atoms in total. The van der Waals surface area contributed by atoms with E-state index in [2.05, 4.69) is 9.80 Å². The van der Waals surface area contributed by atoms with E-state index in [1.165, 1.54) is 0 Å². The Morgan fingerprint density at radius 2 is 1.28 bits per heavy atom. The molecule has 0 aliphatic heterocycles. The van der Waals surface area contributed by atoms with Crippen molar-refractivity contribution in [2.75, 3.05) is 0 Å². The van der Waals surface area contributed by atoms with E-state index >= 15 is 0 Å². The number of hydrogen-bond donors (Lipinski definition) is 0. The molecule has 0 radical (unpaired) electrons. The Morgan fingerprint density at radius 3 is 1.61 bits per heavy atom. The molecule has 6 heteroatoms. The normalized spacial score (nSPS) is 10.0. The summed E-state index contributed by atoms with van der Waals surface area (Å²) in [6, 6.07) is 17.6. The fraction of sp³-hybridized carbons (Fsp3) is 0. The van der Waals surface area contributed by atoms with Crippen LogP contribution in [-0.4, -0.2) is 0 Å². The number of azide groups is 1. The molecule has 0 fully saturated rings. The van der Waals surface area contributed by atoms with Gasteiger partial charge in [0.05, 0.1) is 0 Å². The second-order valence-electron chi connectivity index (χ2n) is 3.43. The van der Waals surface area contributed by atoms with Gasteiger partial charge in [0, 0.05) is 53.3 Å². The van der Waals surface area contributed by atoms with Crippen molar-refractivity contribution < 1.29 is 42.3 Å². The molecule has 2 aromatic carbocycles. The molecule has 0 spiro atoms. The molecule has 0 aliphatic rings. The first-order valence-corrected chi connectivity index (χ1v) is 6.71. The molecule has 0 aromatic heterocycles. The minimum absolute atomic E-state index is 0. The maximum Gasteiger partial charge on any atom is 0.228 e. The maximum absolute atomic E-state index is 12.8. The van der Waals surface area contributed by atoms with Gasteiger partial charge in [0.15, 0.2) is 0 Å². The monoisotopic (exact) mass is 283 g/mol. The van der Waals surface area contributed by atoms with Crippen LogP contribution in [0.3, 0.4) is 0 Å². The Hall–Kier alpha value is -0.760. The van der Waals surface area contributed by atoms with Gasteiger partial charge in [0.1, 0.15) is 0 Å². The van der Waals surface area contributed by atoms with Crippen molar-refractivity contribution in [2.45, 2.75) is 0 Å². The first-order valence-electron chi connectivity index (χ1n) is 5.05. The van der Waals surface area contributed by atoms with Crippen molar-refractivity contribution in [1.29, 1.82) is 0 Å². The maximum atomic E-state index is 12.8. The van der Waals surface area contributed by atoms with Gasteiger partial charge < -0.3 is 4.57 Å². The first kappa shape index (κ1) is 15.3. The van der Waals surface area contributed by atoms with Crippen LogP contribution in [0.4, 0.5) is 0 Å². The molecule has 0 atom stereocenters. The minimum Gasteiger partial charge on any atom is -0.307 e. The molecule has 0 saturated heterocycles. The van der Waals surface area contributed by atoms with E-state index < -0.39 is 7.29 Å². The average Bonchev–Trinajstić information content (AvgIpc) is 2.41. The quantitative estimate of drug-likeness (QED) is 0.369. The SMILES string of the molecule is [Ar].[N-]=[N+]=NP(=O)(c1ccccc1)c1ccccc1. The van der Waals surface area contributed by atoms with Gasteiger partial charge in [-0.2, -0.15) is 0 Å². The molecule has 0 heterocycles. The minimum atomic E-state index is -3.22. The van der Waals surface area contributed by atoms with Crippen LogP contribution >= 0.6 is 7.29 Å². The number of nitrogens with zero attached hydrogens (tertiary/aromatic N) is 3. The third-order valence-electron chi connectivity index (χ3n) is 2.38. The van der Waals surface area contributed by atoms with Crippen LogP contribution in [0.2, 0.25) is 0 Å². The molecule has 92 valence electrons. The summed E-state index contributed by atoms with van der Waals surface area (Å²) in [6.45, 7) is 0. The van der Waals surface area contributed by atoms with Gasteiger partial charge >= 0.3 is 0 Å². The Morgan fingerprint density at radius 1 is 0.889 bits per heavy atom. The number of benzene rings is 2.